The molecule has 0 saturated carbocycles. The minimum Gasteiger partial charge on any atom is -0.548 e. The molecule has 0 aliphatic carbocycles. The fraction of sp³-hybridized carbons (Fsp3) is 0.652. The number of carboxylic acid groups (broad SMARTS) is 1. The maximum absolute atomic E-state index is 12.6. The number of carbonyl (C=O) groups is 2. The maximum atomic E-state index is 12.6. The molecular formula is C23H40N2O3. The predicted octanol–water partition coefficient (Wildman–Crippen LogP) is 5.24. The van der Waals surface area contributed by atoms with E-state index in [0.29, 0.717) is 12.1 Å². The van der Waals surface area contributed by atoms with Crippen LogP contribution in [0.25, 0.3) is 0 Å². The lowest BCUT2D eigenvalue weighted by Crippen LogP contribution is -2.49. The molecular weight excluding hydrogens is 352 g/mol. The topological polar surface area (TPSA) is 96.9 Å². The molecule has 0 fully saturated rings. The summed E-state index contributed by atoms with van der Waals surface area (Å²) in [5, 5.41) is 11.3. The molecule has 1 atom stereocenters. The Labute approximate surface area is 171 Å². The molecule has 1 rings (SSSR count). The first kappa shape index (κ1) is 26.1. The molecule has 0 aliphatic heterocycles. The third-order valence-corrected chi connectivity index (χ3v) is 5.03. The van der Waals surface area contributed by atoms with Crippen LogP contribution in [0.15, 0.2) is 30.3 Å². The van der Waals surface area contributed by atoms with Gasteiger partial charge in [-0.2, -0.15) is 0 Å². The van der Waals surface area contributed by atoms with Crippen LogP contribution in [-0.4, -0.2) is 17.9 Å². The average molecular weight is 393 g/mol. The Bertz CT molecular complexity index is 534. The molecule has 0 heterocycles. The van der Waals surface area contributed by atoms with Gasteiger partial charge in [0.2, 0.25) is 5.91 Å². The van der Waals surface area contributed by atoms with Crippen molar-refractivity contribution in [3.63, 3.8) is 0 Å². The number of para-hydroxylation sites is 1. The lowest BCUT2D eigenvalue weighted by atomic mass is 10.0. The normalized spacial score (nSPS) is 11.5. The Morgan fingerprint density at radius 2 is 1.32 bits per heavy atom. The predicted molar refractivity (Wildman–Crippen MR) is 115 cm³/mol. The molecule has 0 aliphatic rings. The van der Waals surface area contributed by atoms with Crippen molar-refractivity contribution < 1.29 is 14.7 Å². The Balaban J connectivity index is 0.00000729. The zero-order valence-corrected chi connectivity index (χ0v) is 18.1. The first-order valence-corrected chi connectivity index (χ1v) is 10.7. The highest BCUT2D eigenvalue weighted by molar-refractivity contribution is 5.98. The lowest BCUT2D eigenvalue weighted by Gasteiger charge is -2.30. The van der Waals surface area contributed by atoms with Crippen molar-refractivity contribution in [3.05, 3.63) is 30.3 Å². The van der Waals surface area contributed by atoms with Crippen LogP contribution in [0.5, 0.6) is 0 Å². The van der Waals surface area contributed by atoms with Gasteiger partial charge < -0.3 is 21.0 Å². The van der Waals surface area contributed by atoms with Crippen molar-refractivity contribution in [1.29, 1.82) is 0 Å². The molecule has 0 unspecified atom stereocenters. The molecule has 5 nitrogen and oxygen atoms in total. The highest BCUT2D eigenvalue weighted by atomic mass is 16.4. The summed E-state index contributed by atoms with van der Waals surface area (Å²) in [6.07, 6.45) is 13.9. The average Bonchev–Trinajstić information content (AvgIpc) is 2.67. The number of carboxylic acids is 1. The largest absolute Gasteiger partial charge is 0.548 e. The smallest absolute Gasteiger partial charge is 0.227 e. The number of rotatable bonds is 15. The van der Waals surface area contributed by atoms with Gasteiger partial charge >= 0.3 is 0 Å². The van der Waals surface area contributed by atoms with Crippen LogP contribution in [0.2, 0.25) is 0 Å². The van der Waals surface area contributed by atoms with Crippen LogP contribution >= 0.6 is 0 Å². The van der Waals surface area contributed by atoms with Crippen molar-refractivity contribution in [3.8, 4) is 0 Å². The van der Waals surface area contributed by atoms with Gasteiger partial charge in [-0.3, -0.25) is 4.79 Å². The second-order valence-corrected chi connectivity index (χ2v) is 7.38. The highest BCUT2D eigenvalue weighted by Crippen LogP contribution is 2.19. The van der Waals surface area contributed by atoms with E-state index >= 15 is 0 Å². The summed E-state index contributed by atoms with van der Waals surface area (Å²) >= 11 is 0. The number of aliphatic carboxylic acids is 1. The summed E-state index contributed by atoms with van der Waals surface area (Å²) < 4.78 is 0. The van der Waals surface area contributed by atoms with Crippen LogP contribution in [-0.2, 0) is 9.59 Å². The zero-order chi connectivity index (χ0) is 19.9. The quantitative estimate of drug-likeness (QED) is 0.413. The highest BCUT2D eigenvalue weighted by Gasteiger charge is 2.22. The van der Waals surface area contributed by atoms with Crippen molar-refractivity contribution >= 4 is 17.6 Å². The SMILES string of the molecule is CCCCCCCCCCCCCC(=O)N(c1ccccc1)[C@@H](C)C(=O)[O-].[NH4+]. The van der Waals surface area contributed by atoms with Crippen LogP contribution in [0.4, 0.5) is 5.69 Å². The second kappa shape index (κ2) is 16.1. The van der Waals surface area contributed by atoms with E-state index in [4.69, 9.17) is 0 Å². The lowest BCUT2D eigenvalue weighted by molar-refractivity contribution is -0.307. The number of quaternary nitrogens is 1. The fourth-order valence-corrected chi connectivity index (χ4v) is 3.34. The monoisotopic (exact) mass is 392 g/mol. The zero-order valence-electron chi connectivity index (χ0n) is 18.1. The van der Waals surface area contributed by atoms with Crippen LogP contribution in [0.3, 0.4) is 0 Å². The Morgan fingerprint density at radius 3 is 1.79 bits per heavy atom. The summed E-state index contributed by atoms with van der Waals surface area (Å²) in [4.78, 5) is 25.2. The van der Waals surface area contributed by atoms with Gasteiger partial charge in [0, 0.05) is 12.1 Å². The van der Waals surface area contributed by atoms with Gasteiger partial charge in [0.25, 0.3) is 0 Å². The van der Waals surface area contributed by atoms with Gasteiger partial charge in [-0.1, -0.05) is 89.3 Å². The van der Waals surface area contributed by atoms with E-state index in [1.807, 2.05) is 6.07 Å². The van der Waals surface area contributed by atoms with Gasteiger partial charge in [-0.05, 0) is 25.5 Å². The van der Waals surface area contributed by atoms with Crippen molar-refractivity contribution in [2.75, 3.05) is 4.90 Å². The summed E-state index contributed by atoms with van der Waals surface area (Å²) in [6, 6.07) is 8.02. The van der Waals surface area contributed by atoms with Gasteiger partial charge in [-0.15, -0.1) is 0 Å². The van der Waals surface area contributed by atoms with E-state index in [1.54, 1.807) is 24.3 Å². The molecule has 0 bridgehead atoms. The van der Waals surface area contributed by atoms with Gasteiger partial charge in [0.1, 0.15) is 0 Å². The van der Waals surface area contributed by atoms with E-state index in [9.17, 15) is 14.7 Å². The van der Waals surface area contributed by atoms with Gasteiger partial charge in [0.15, 0.2) is 0 Å². The molecule has 0 saturated heterocycles. The Morgan fingerprint density at radius 1 is 0.857 bits per heavy atom. The molecule has 0 spiro atoms. The maximum Gasteiger partial charge on any atom is 0.227 e. The minimum atomic E-state index is -1.23. The molecule has 5 heteroatoms. The number of benzene rings is 1. The molecule has 1 aromatic carbocycles. The van der Waals surface area contributed by atoms with Crippen LogP contribution in [0.1, 0.15) is 90.9 Å². The molecule has 0 radical (unpaired) electrons. The van der Waals surface area contributed by atoms with Crippen molar-refractivity contribution in [1.82, 2.24) is 6.15 Å². The summed E-state index contributed by atoms with van der Waals surface area (Å²) in [7, 11) is 0. The van der Waals surface area contributed by atoms with E-state index in [2.05, 4.69) is 6.92 Å². The molecule has 1 aromatic rings. The molecule has 160 valence electrons. The minimum absolute atomic E-state index is 0. The number of hydrogen-bond acceptors (Lipinski definition) is 3. The first-order chi connectivity index (χ1) is 13.1. The number of hydrogen-bond donors (Lipinski definition) is 1. The first-order valence-electron chi connectivity index (χ1n) is 10.7. The third kappa shape index (κ3) is 10.5. The van der Waals surface area contributed by atoms with Crippen molar-refractivity contribution in [2.45, 2.75) is 96.9 Å². The Kier molecular flexibility index (Phi) is 15.0. The molecule has 1 amide bonds. The summed E-state index contributed by atoms with van der Waals surface area (Å²) in [6.45, 7) is 3.74. The molecule has 0 aromatic heterocycles. The standard InChI is InChI=1S/C23H37NO3.H3N/c1-3-4-5-6-7-8-9-10-11-12-16-19-22(25)24(20(2)23(26)27)21-17-14-13-15-18-21;/h13-15,17-18,20H,3-12,16,19H2,1-2H3,(H,26,27);1H3/t20-;/m0./s1. The Hall–Kier alpha value is -1.88. The number of carbonyl (C=O) groups excluding carboxylic acids is 2. The fourth-order valence-electron chi connectivity index (χ4n) is 3.34. The number of nitrogens with zero attached hydrogens (tertiary/aromatic N) is 1. The summed E-state index contributed by atoms with van der Waals surface area (Å²) in [5.74, 6) is -1.38. The molecule has 4 N–H and O–H groups in total. The number of unbranched alkanes of at least 4 members (excludes halogenated alkanes) is 10. The van der Waals surface area contributed by atoms with Crippen LogP contribution < -0.4 is 16.2 Å². The van der Waals surface area contributed by atoms with E-state index < -0.39 is 12.0 Å². The van der Waals surface area contributed by atoms with E-state index in [1.165, 1.54) is 63.2 Å². The van der Waals surface area contributed by atoms with Gasteiger partial charge in [0.05, 0.1) is 12.0 Å². The molecule has 28 heavy (non-hydrogen) atoms. The van der Waals surface area contributed by atoms with E-state index in [0.717, 1.165) is 19.3 Å². The second-order valence-electron chi connectivity index (χ2n) is 7.38. The number of anilines is 1. The van der Waals surface area contributed by atoms with E-state index in [-0.39, 0.29) is 12.1 Å². The van der Waals surface area contributed by atoms with Crippen LogP contribution in [0, 0.1) is 0 Å². The van der Waals surface area contributed by atoms with Crippen molar-refractivity contribution in [2.24, 2.45) is 0 Å². The summed E-state index contributed by atoms with van der Waals surface area (Å²) in [5.41, 5.74) is 0.613. The number of amides is 1. The van der Waals surface area contributed by atoms with Gasteiger partial charge in [-0.25, -0.2) is 0 Å². The third-order valence-electron chi connectivity index (χ3n) is 5.03.